The number of halogens is 2. The van der Waals surface area contributed by atoms with Crippen LogP contribution in [0.2, 0.25) is 5.15 Å². The molecule has 0 amide bonds. The zero-order valence-electron chi connectivity index (χ0n) is 90.0. The zero-order valence-corrected chi connectivity index (χ0v) is 92.3. The molecular formula is C129H142BrClN12O6. The van der Waals surface area contributed by atoms with Crippen LogP contribution >= 0.6 is 27.5 Å². The van der Waals surface area contributed by atoms with E-state index < -0.39 is 16.2 Å². The van der Waals surface area contributed by atoms with Gasteiger partial charge in [0.15, 0.2) is 39.9 Å². The van der Waals surface area contributed by atoms with Crippen molar-refractivity contribution in [3.05, 3.63) is 383 Å². The van der Waals surface area contributed by atoms with Gasteiger partial charge in [0.2, 0.25) is 0 Å². The molecular weight excluding hydrogens is 1930 g/mol. The highest BCUT2D eigenvalue weighted by Gasteiger charge is 2.58. The first-order valence-electron chi connectivity index (χ1n) is 54.4. The Morgan fingerprint density at radius 1 is 0.248 bits per heavy atom. The van der Waals surface area contributed by atoms with Crippen molar-refractivity contribution < 1.29 is 28.8 Å². The number of nitrogens with one attached hydrogen (secondary N) is 6. The van der Waals surface area contributed by atoms with Gasteiger partial charge in [-0.2, -0.15) is 30.6 Å². The maximum absolute atomic E-state index is 13.4. The summed E-state index contributed by atoms with van der Waals surface area (Å²) in [6, 6.07) is 62.6. The molecule has 0 bridgehead atoms. The molecule has 149 heavy (non-hydrogen) atoms. The number of aromatic amines is 6. The van der Waals surface area contributed by atoms with Crippen LogP contribution in [0.3, 0.4) is 0 Å². The molecule has 4 unspecified atom stereocenters. The molecule has 12 aromatic rings. The predicted molar refractivity (Wildman–Crippen MR) is 590 cm³/mol. The molecule has 0 aliphatic heterocycles. The fraction of sp³-hybridized carbons (Fsp3) is 0.442. The number of nitrogens with zero attached hydrogens (tertiary/aromatic N) is 6. The molecule has 6 heterocycles. The van der Waals surface area contributed by atoms with Gasteiger partial charge >= 0.3 is 0 Å². The average Bonchev–Trinajstić information content (AvgIpc) is 1.67. The van der Waals surface area contributed by atoms with Gasteiger partial charge in [-0.05, 0) is 200 Å². The summed E-state index contributed by atoms with van der Waals surface area (Å²) < 4.78 is 0.813. The Morgan fingerprint density at radius 2 is 0.456 bits per heavy atom. The standard InChI is InChI=1S/3C23H26N2O.C20H21BrN2O.C20H21ClN2O.C20H22N2O/c3*1-22(2)12-15-11-17-20(21(25-24-17)14-9-10-14)23(3,19(15)18(26)13-22)16-7-5-4-6-8-16;2*1-19(2)10-12-9-14-17(18(21)23-22-14)20(3,16(12)15(24)11-19)13-7-5-4-6-8-13;1-19(2)10-13-9-16-15(12-21-22-16)20(3,18(13)17(23)11-19)14-7-5-4-6-8-14/h3*4-8,14H,9-13H2,1-3H3,(H,24,25);2*4-8H,9-11H2,1-3H3,(H,22,23);4-8,12H,9-11H2,1-3H3,(H,21,22)/t23-;;;;;20-/m1....1/s1. The van der Waals surface area contributed by atoms with Crippen molar-refractivity contribution in [1.82, 2.24) is 61.2 Å². The first kappa shape index (κ1) is 101. The number of fused-ring (bicyclic) bond motifs is 6. The molecule has 768 valence electrons. The van der Waals surface area contributed by atoms with Gasteiger partial charge in [0, 0.05) is 217 Å². The summed E-state index contributed by atoms with van der Waals surface area (Å²) in [5, 5.41) is 47.1. The Hall–Kier alpha value is -12.2. The van der Waals surface area contributed by atoms with Crippen molar-refractivity contribution in [1.29, 1.82) is 0 Å². The fourth-order valence-electron chi connectivity index (χ4n) is 29.9. The topological polar surface area (TPSA) is 274 Å². The van der Waals surface area contributed by atoms with Crippen molar-refractivity contribution in [3.8, 4) is 0 Å². The maximum Gasteiger partial charge on any atom is 0.160 e. The lowest BCUT2D eigenvalue weighted by molar-refractivity contribution is -0.119. The highest BCUT2D eigenvalue weighted by atomic mass is 79.9. The van der Waals surface area contributed by atoms with Crippen LogP contribution in [0.15, 0.2) is 260 Å². The van der Waals surface area contributed by atoms with Crippen LogP contribution in [0.5, 0.6) is 0 Å². The second kappa shape index (κ2) is 36.8. The number of carbonyl (C=O) groups excluding carboxylic acids is 6. The Kier molecular flexibility index (Phi) is 25.1. The van der Waals surface area contributed by atoms with Crippen molar-refractivity contribution >= 4 is 62.2 Å². The number of hydrogen-bond acceptors (Lipinski definition) is 12. The van der Waals surface area contributed by atoms with Crippen LogP contribution in [0.4, 0.5) is 0 Å². The minimum absolute atomic E-state index is 0.00876. The summed E-state index contributed by atoms with van der Waals surface area (Å²) in [5.74, 6) is 3.51. The van der Waals surface area contributed by atoms with E-state index in [-0.39, 0.29) is 60.3 Å². The number of carbonyl (C=O) groups is 6. The number of Topliss-reactive ketones (excluding diaryl/α,β-unsaturated/α-hetero) is 6. The Morgan fingerprint density at radius 3 is 0.718 bits per heavy atom. The first-order valence-corrected chi connectivity index (χ1v) is 55.5. The van der Waals surface area contributed by atoms with E-state index in [0.29, 0.717) is 84.6 Å². The molecule has 6 aromatic carbocycles. The van der Waals surface area contributed by atoms with Gasteiger partial charge in [0.1, 0.15) is 4.60 Å². The van der Waals surface area contributed by atoms with Crippen LogP contribution in [0.25, 0.3) is 0 Å². The van der Waals surface area contributed by atoms with Gasteiger partial charge in [0.25, 0.3) is 0 Å². The molecule has 20 heteroatoms. The van der Waals surface area contributed by atoms with E-state index in [1.807, 2.05) is 60.8 Å². The first-order chi connectivity index (χ1) is 70.8. The lowest BCUT2D eigenvalue weighted by Crippen LogP contribution is -2.41. The smallest absolute Gasteiger partial charge is 0.160 e. The molecule has 15 aliphatic rings. The lowest BCUT2D eigenvalue weighted by Gasteiger charge is -2.44. The maximum atomic E-state index is 13.4. The van der Waals surface area contributed by atoms with Crippen molar-refractivity contribution in [3.63, 3.8) is 0 Å². The predicted octanol–water partition coefficient (Wildman–Crippen LogP) is 27.8. The number of ketones is 6. The molecule has 6 atom stereocenters. The number of allylic oxidation sites excluding steroid dienone is 12. The number of benzene rings is 6. The highest BCUT2D eigenvalue weighted by molar-refractivity contribution is 9.10. The number of H-pyrrole nitrogens is 6. The van der Waals surface area contributed by atoms with Gasteiger partial charge in [-0.1, -0.05) is 310 Å². The summed E-state index contributed by atoms with van der Waals surface area (Å²) in [6.07, 6.45) is 23.7. The summed E-state index contributed by atoms with van der Waals surface area (Å²) >= 11 is 10.1. The third-order valence-electron chi connectivity index (χ3n) is 36.1. The molecule has 27 rings (SSSR count). The van der Waals surface area contributed by atoms with E-state index in [4.69, 9.17) is 26.9 Å². The molecule has 0 radical (unpaired) electrons. The summed E-state index contributed by atoms with van der Waals surface area (Å²) in [7, 11) is 0. The van der Waals surface area contributed by atoms with Crippen LogP contribution in [0.1, 0.15) is 376 Å². The van der Waals surface area contributed by atoms with Crippen LogP contribution in [-0.2, 0) is 99.8 Å². The van der Waals surface area contributed by atoms with Gasteiger partial charge < -0.3 is 0 Å². The minimum atomic E-state index is -0.540. The zero-order chi connectivity index (χ0) is 105. The van der Waals surface area contributed by atoms with Crippen molar-refractivity contribution in [2.75, 3.05) is 0 Å². The summed E-state index contributed by atoms with van der Waals surface area (Å²) in [5.41, 5.74) is 36.2. The van der Waals surface area contributed by atoms with Crippen LogP contribution < -0.4 is 0 Å². The van der Waals surface area contributed by atoms with E-state index in [9.17, 15) is 28.8 Å². The van der Waals surface area contributed by atoms with Gasteiger partial charge in [-0.3, -0.25) is 59.4 Å². The summed E-state index contributed by atoms with van der Waals surface area (Å²) in [6.45, 7) is 39.6. The number of rotatable bonds is 9. The van der Waals surface area contributed by atoms with Crippen molar-refractivity contribution in [2.24, 2.45) is 32.5 Å². The summed E-state index contributed by atoms with van der Waals surface area (Å²) in [4.78, 5) is 79.5. The highest BCUT2D eigenvalue weighted by Crippen LogP contribution is 2.63. The molecule has 0 saturated heterocycles. The van der Waals surface area contributed by atoms with Gasteiger partial charge in [0.05, 0.1) is 34.1 Å². The molecule has 15 aliphatic carbocycles. The Labute approximate surface area is 890 Å². The number of hydrogen-bond donors (Lipinski definition) is 6. The molecule has 6 aromatic heterocycles. The molecule has 3 saturated carbocycles. The van der Waals surface area contributed by atoms with E-state index >= 15 is 0 Å². The van der Waals surface area contributed by atoms with Gasteiger partial charge in [-0.25, -0.2) is 0 Å². The van der Waals surface area contributed by atoms with E-state index in [2.05, 4.69) is 314 Å². The van der Waals surface area contributed by atoms with Gasteiger partial charge in [-0.15, -0.1) is 0 Å². The minimum Gasteiger partial charge on any atom is -0.294 e. The second-order valence-corrected chi connectivity index (χ2v) is 52.8. The third-order valence-corrected chi connectivity index (χ3v) is 36.9. The van der Waals surface area contributed by atoms with Crippen molar-refractivity contribution in [2.45, 2.75) is 329 Å². The van der Waals surface area contributed by atoms with E-state index in [1.54, 1.807) is 0 Å². The normalized spacial score (nSPS) is 26.5. The van der Waals surface area contributed by atoms with E-state index in [1.165, 1.54) is 145 Å². The molecule has 0 spiro atoms. The Balaban J connectivity index is 0.000000101. The van der Waals surface area contributed by atoms with Crippen LogP contribution in [-0.4, -0.2) is 95.9 Å². The monoisotopic (exact) mass is 2070 g/mol. The van der Waals surface area contributed by atoms with E-state index in [0.717, 1.165) is 160 Å². The average molecular weight is 2070 g/mol. The van der Waals surface area contributed by atoms with Crippen LogP contribution in [0, 0.1) is 32.5 Å². The molecule has 3 fully saturated rings. The second-order valence-electron chi connectivity index (χ2n) is 51.7. The largest absolute Gasteiger partial charge is 0.294 e. The SMILES string of the molecule is CC1(C)CC(=O)C2=C(Cc3[nH]nc(Br)c3C2(C)c2ccccc2)C1.CC1(C)CC(=O)C2=C(Cc3[nH]nc(C4CC4)c3C2(C)c2ccccc2)C1.CC1(C)CC(=O)C2=C(Cc3[nH]nc(C4CC4)c3C2(C)c2ccccc2)C1.CC1(C)CC(=O)C2=C(Cc3[nH]nc(C4CC4)c3[C@]2(C)c2ccccc2)C1.CC1(C)CC(=O)C2=C(Cc3[nH]nc(Cl)c3C2(C)c2ccccc2)C1.CC1(C)CC(=O)C2=C(Cc3[nH]ncc3[C@@]2(C)c2ccccc2)C1. The Bertz CT molecular complexity index is 7140. The lowest BCUT2D eigenvalue weighted by atomic mass is 9.58. The molecule has 6 N–H and O–H groups in total. The molecule has 18 nitrogen and oxygen atoms in total. The third kappa shape index (κ3) is 17.6. The quantitative estimate of drug-likeness (QED) is 0.0787. The fourth-order valence-corrected chi connectivity index (χ4v) is 30.9. The number of aromatic nitrogens is 12.